The van der Waals surface area contributed by atoms with Crippen LogP contribution >= 0.6 is 0 Å². The molecule has 1 atom stereocenters. The van der Waals surface area contributed by atoms with Crippen LogP contribution in [0.4, 0.5) is 0 Å². The van der Waals surface area contributed by atoms with Crippen LogP contribution in [0.2, 0.25) is 0 Å². The van der Waals surface area contributed by atoms with E-state index in [0.717, 1.165) is 17.7 Å². The number of amidine groups is 1. The molecule has 0 saturated heterocycles. The molecule has 0 aliphatic heterocycles. The molecule has 0 spiro atoms. The Morgan fingerprint density at radius 2 is 2.00 bits per heavy atom. The molecule has 110 valence electrons. The summed E-state index contributed by atoms with van der Waals surface area (Å²) in [6.45, 7) is 4.99. The van der Waals surface area contributed by atoms with Crippen molar-refractivity contribution in [3.8, 4) is 0 Å². The van der Waals surface area contributed by atoms with Gasteiger partial charge in [0.15, 0.2) is 5.84 Å². The zero-order chi connectivity index (χ0) is 15.2. The molecular formula is C17H21N3O. The molecule has 0 aliphatic carbocycles. The van der Waals surface area contributed by atoms with Crippen LogP contribution in [0.3, 0.4) is 0 Å². The molecule has 0 bridgehead atoms. The third-order valence-corrected chi connectivity index (χ3v) is 3.60. The third kappa shape index (κ3) is 3.83. The minimum atomic E-state index is 0.129. The zero-order valence-electron chi connectivity index (χ0n) is 12.4. The van der Waals surface area contributed by atoms with E-state index in [1.807, 2.05) is 30.3 Å². The lowest BCUT2D eigenvalue weighted by Gasteiger charge is -2.16. The number of nitrogens with zero attached hydrogens (tertiary/aromatic N) is 1. The highest BCUT2D eigenvalue weighted by Gasteiger charge is 2.07. The number of oxime groups is 1. The molecule has 4 nitrogen and oxygen atoms in total. The molecule has 0 heterocycles. The average Bonchev–Trinajstić information content (AvgIpc) is 2.52. The first kappa shape index (κ1) is 15.1. The second-order valence-electron chi connectivity index (χ2n) is 5.14. The molecule has 2 aromatic rings. The first-order chi connectivity index (χ1) is 10.1. The number of hydrogen-bond donors (Lipinski definition) is 3. The Balaban J connectivity index is 2.05. The smallest absolute Gasteiger partial charge is 0.170 e. The Labute approximate surface area is 125 Å². The molecule has 0 fully saturated rings. The molecular weight excluding hydrogens is 262 g/mol. The van der Waals surface area contributed by atoms with Gasteiger partial charge in [0.25, 0.3) is 0 Å². The lowest BCUT2D eigenvalue weighted by atomic mass is 10.0. The van der Waals surface area contributed by atoms with Crippen LogP contribution in [0.15, 0.2) is 53.7 Å². The Morgan fingerprint density at radius 1 is 1.24 bits per heavy atom. The molecule has 0 radical (unpaired) electrons. The van der Waals surface area contributed by atoms with E-state index in [-0.39, 0.29) is 11.9 Å². The number of nitrogens with one attached hydrogen (secondary N) is 1. The number of hydrogen-bond acceptors (Lipinski definition) is 3. The summed E-state index contributed by atoms with van der Waals surface area (Å²) >= 11 is 0. The van der Waals surface area contributed by atoms with E-state index in [4.69, 9.17) is 10.9 Å². The van der Waals surface area contributed by atoms with Crippen LogP contribution in [-0.2, 0) is 6.54 Å². The van der Waals surface area contributed by atoms with Crippen LogP contribution in [0, 0.1) is 6.92 Å². The number of aryl methyl sites for hydroxylation is 1. The molecule has 0 unspecified atom stereocenters. The van der Waals surface area contributed by atoms with Gasteiger partial charge in [-0.15, -0.1) is 0 Å². The lowest BCUT2D eigenvalue weighted by molar-refractivity contribution is 0.318. The third-order valence-electron chi connectivity index (χ3n) is 3.60. The molecule has 2 aromatic carbocycles. The summed E-state index contributed by atoms with van der Waals surface area (Å²) in [5.74, 6) is 0.129. The standard InChI is InChI=1S/C17H21N3O/c1-12-6-3-4-9-16(12)13(2)19-11-14-7-5-8-15(10-14)17(18)20-21/h3-10,13,19,21H,11H2,1-2H3,(H2,18,20)/t13-/m1/s1. The monoisotopic (exact) mass is 283 g/mol. The second-order valence-corrected chi connectivity index (χ2v) is 5.14. The zero-order valence-corrected chi connectivity index (χ0v) is 12.4. The maximum Gasteiger partial charge on any atom is 0.170 e. The molecule has 4 heteroatoms. The average molecular weight is 283 g/mol. The summed E-state index contributed by atoms with van der Waals surface area (Å²) in [7, 11) is 0. The number of rotatable bonds is 5. The quantitative estimate of drug-likeness (QED) is 0.342. The van der Waals surface area contributed by atoms with E-state index in [2.05, 4.69) is 42.5 Å². The molecule has 0 aliphatic rings. The maximum absolute atomic E-state index is 8.72. The van der Waals surface area contributed by atoms with E-state index in [9.17, 15) is 0 Å². The minimum absolute atomic E-state index is 0.129. The van der Waals surface area contributed by atoms with Crippen molar-refractivity contribution in [2.75, 3.05) is 0 Å². The maximum atomic E-state index is 8.72. The van der Waals surface area contributed by atoms with Gasteiger partial charge in [0.2, 0.25) is 0 Å². The number of nitrogens with two attached hydrogens (primary N) is 1. The predicted octanol–water partition coefficient (Wildman–Crippen LogP) is 2.94. The molecule has 4 N–H and O–H groups in total. The van der Waals surface area contributed by atoms with E-state index in [1.54, 1.807) is 0 Å². The largest absolute Gasteiger partial charge is 0.409 e. The fourth-order valence-electron chi connectivity index (χ4n) is 2.35. The van der Waals surface area contributed by atoms with Crippen molar-refractivity contribution in [2.24, 2.45) is 10.9 Å². The van der Waals surface area contributed by atoms with Crippen LogP contribution < -0.4 is 11.1 Å². The lowest BCUT2D eigenvalue weighted by Crippen LogP contribution is -2.19. The fraction of sp³-hybridized carbons (Fsp3) is 0.235. The van der Waals surface area contributed by atoms with Crippen molar-refractivity contribution >= 4 is 5.84 Å². The summed E-state index contributed by atoms with van der Waals surface area (Å²) in [6, 6.07) is 16.3. The van der Waals surface area contributed by atoms with Gasteiger partial charge < -0.3 is 16.3 Å². The van der Waals surface area contributed by atoms with Crippen molar-refractivity contribution in [3.63, 3.8) is 0 Å². The predicted molar refractivity (Wildman–Crippen MR) is 85.4 cm³/mol. The highest BCUT2D eigenvalue weighted by molar-refractivity contribution is 5.97. The van der Waals surface area contributed by atoms with Crippen molar-refractivity contribution in [1.82, 2.24) is 5.32 Å². The first-order valence-corrected chi connectivity index (χ1v) is 6.97. The Hall–Kier alpha value is -2.33. The van der Waals surface area contributed by atoms with Gasteiger partial charge in [-0.2, -0.15) is 0 Å². The van der Waals surface area contributed by atoms with Gasteiger partial charge in [-0.3, -0.25) is 0 Å². The number of benzene rings is 2. The van der Waals surface area contributed by atoms with E-state index >= 15 is 0 Å². The van der Waals surface area contributed by atoms with E-state index in [1.165, 1.54) is 11.1 Å². The summed E-state index contributed by atoms with van der Waals surface area (Å²) < 4.78 is 0. The molecule has 0 aromatic heterocycles. The molecule has 2 rings (SSSR count). The van der Waals surface area contributed by atoms with Gasteiger partial charge in [0.1, 0.15) is 0 Å². The van der Waals surface area contributed by atoms with Gasteiger partial charge in [-0.25, -0.2) is 0 Å². The van der Waals surface area contributed by atoms with Crippen LogP contribution in [0.1, 0.15) is 35.2 Å². The highest BCUT2D eigenvalue weighted by atomic mass is 16.4. The van der Waals surface area contributed by atoms with Gasteiger partial charge >= 0.3 is 0 Å². The van der Waals surface area contributed by atoms with E-state index in [0.29, 0.717) is 0 Å². The van der Waals surface area contributed by atoms with Crippen LogP contribution in [0.25, 0.3) is 0 Å². The van der Waals surface area contributed by atoms with Gasteiger partial charge in [-0.05, 0) is 36.6 Å². The molecule has 0 saturated carbocycles. The van der Waals surface area contributed by atoms with Gasteiger partial charge in [0.05, 0.1) is 0 Å². The van der Waals surface area contributed by atoms with Crippen LogP contribution in [-0.4, -0.2) is 11.0 Å². The Morgan fingerprint density at radius 3 is 2.71 bits per heavy atom. The van der Waals surface area contributed by atoms with Gasteiger partial charge in [0, 0.05) is 18.2 Å². The van der Waals surface area contributed by atoms with Crippen LogP contribution in [0.5, 0.6) is 0 Å². The van der Waals surface area contributed by atoms with Crippen molar-refractivity contribution < 1.29 is 5.21 Å². The first-order valence-electron chi connectivity index (χ1n) is 6.97. The summed E-state index contributed by atoms with van der Waals surface area (Å²) in [4.78, 5) is 0. The Kier molecular flexibility index (Phi) is 4.95. The van der Waals surface area contributed by atoms with Crippen molar-refractivity contribution in [1.29, 1.82) is 0 Å². The Bertz CT molecular complexity index is 637. The second kappa shape index (κ2) is 6.90. The van der Waals surface area contributed by atoms with E-state index < -0.39 is 0 Å². The normalized spacial score (nSPS) is 13.1. The van der Waals surface area contributed by atoms with Crippen molar-refractivity contribution in [3.05, 3.63) is 70.8 Å². The highest BCUT2D eigenvalue weighted by Crippen LogP contribution is 2.17. The minimum Gasteiger partial charge on any atom is -0.409 e. The SMILES string of the molecule is Cc1ccccc1[C@@H](C)NCc1cccc(/C(N)=N/O)c1. The van der Waals surface area contributed by atoms with Crippen molar-refractivity contribution in [2.45, 2.75) is 26.4 Å². The molecule has 21 heavy (non-hydrogen) atoms. The summed E-state index contributed by atoms with van der Waals surface area (Å²) in [6.07, 6.45) is 0. The molecule has 0 amide bonds. The van der Waals surface area contributed by atoms with Gasteiger partial charge in [-0.1, -0.05) is 47.6 Å². The summed E-state index contributed by atoms with van der Waals surface area (Å²) in [5, 5.41) is 15.2. The topological polar surface area (TPSA) is 70.6 Å². The summed E-state index contributed by atoms with van der Waals surface area (Å²) in [5.41, 5.74) is 10.0. The fourth-order valence-corrected chi connectivity index (χ4v) is 2.35.